The zero-order valence-electron chi connectivity index (χ0n) is 13.4. The molecule has 2 nitrogen and oxygen atoms in total. The Morgan fingerprint density at radius 3 is 2.25 bits per heavy atom. The van der Waals surface area contributed by atoms with Crippen molar-refractivity contribution in [2.75, 3.05) is 5.32 Å². The van der Waals surface area contributed by atoms with Crippen LogP contribution in [0.4, 0.5) is 10.1 Å². The van der Waals surface area contributed by atoms with Crippen molar-refractivity contribution in [3.05, 3.63) is 89.7 Å². The van der Waals surface area contributed by atoms with Gasteiger partial charge in [-0.05, 0) is 47.4 Å². The summed E-state index contributed by atoms with van der Waals surface area (Å²) in [6.45, 7) is 1.77. The highest BCUT2D eigenvalue weighted by Gasteiger charge is 2.07. The fraction of sp³-hybridized carbons (Fsp3) is 0.0952. The second kappa shape index (κ2) is 7.09. The van der Waals surface area contributed by atoms with Crippen molar-refractivity contribution < 1.29 is 9.18 Å². The maximum atomic E-state index is 13.1. The van der Waals surface area contributed by atoms with Gasteiger partial charge < -0.3 is 5.32 Å². The topological polar surface area (TPSA) is 29.1 Å². The van der Waals surface area contributed by atoms with Gasteiger partial charge in [-0.3, -0.25) is 4.79 Å². The number of carbonyl (C=O) groups is 1. The molecule has 0 spiro atoms. The largest absolute Gasteiger partial charge is 0.326 e. The molecule has 3 heteroatoms. The first-order valence-electron chi connectivity index (χ1n) is 7.82. The standard InChI is InChI=1S/C21H18FNO/c1-15-13-19(22)11-12-20(15)23-21(24)14-16-7-9-18(10-8-16)17-5-3-2-4-6-17/h2-13H,14H2,1H3,(H,23,24). The van der Waals surface area contributed by atoms with Gasteiger partial charge in [-0.25, -0.2) is 4.39 Å². The van der Waals surface area contributed by atoms with Crippen molar-refractivity contribution in [3.8, 4) is 11.1 Å². The highest BCUT2D eigenvalue weighted by atomic mass is 19.1. The number of hydrogen-bond donors (Lipinski definition) is 1. The molecule has 0 heterocycles. The summed E-state index contributed by atoms with van der Waals surface area (Å²) in [5.74, 6) is -0.417. The quantitative estimate of drug-likeness (QED) is 0.722. The van der Waals surface area contributed by atoms with E-state index in [0.717, 1.165) is 16.7 Å². The SMILES string of the molecule is Cc1cc(F)ccc1NC(=O)Cc1ccc(-c2ccccc2)cc1. The van der Waals surface area contributed by atoms with Crippen LogP contribution in [0, 0.1) is 12.7 Å². The van der Waals surface area contributed by atoms with Gasteiger partial charge in [0.2, 0.25) is 5.91 Å². The lowest BCUT2D eigenvalue weighted by Gasteiger charge is -2.09. The normalized spacial score (nSPS) is 10.4. The Morgan fingerprint density at radius 1 is 0.917 bits per heavy atom. The summed E-state index contributed by atoms with van der Waals surface area (Å²) >= 11 is 0. The molecule has 0 saturated carbocycles. The lowest BCUT2D eigenvalue weighted by Crippen LogP contribution is -2.15. The molecule has 0 radical (unpaired) electrons. The number of carbonyl (C=O) groups excluding carboxylic acids is 1. The minimum atomic E-state index is -0.304. The van der Waals surface area contributed by atoms with E-state index in [1.165, 1.54) is 12.1 Å². The summed E-state index contributed by atoms with van der Waals surface area (Å²) < 4.78 is 13.1. The molecule has 0 atom stereocenters. The highest BCUT2D eigenvalue weighted by Crippen LogP contribution is 2.20. The van der Waals surface area contributed by atoms with E-state index in [1.54, 1.807) is 13.0 Å². The predicted molar refractivity (Wildman–Crippen MR) is 95.3 cm³/mol. The summed E-state index contributed by atoms with van der Waals surface area (Å²) in [6, 6.07) is 22.4. The summed E-state index contributed by atoms with van der Waals surface area (Å²) in [5.41, 5.74) is 4.56. The number of anilines is 1. The minimum Gasteiger partial charge on any atom is -0.326 e. The molecule has 0 bridgehead atoms. The molecule has 3 rings (SSSR count). The van der Waals surface area contributed by atoms with Crippen LogP contribution in [-0.4, -0.2) is 5.91 Å². The number of halogens is 1. The first-order valence-corrected chi connectivity index (χ1v) is 7.82. The van der Waals surface area contributed by atoms with E-state index >= 15 is 0 Å². The van der Waals surface area contributed by atoms with Gasteiger partial charge in [0.15, 0.2) is 0 Å². The lowest BCUT2D eigenvalue weighted by atomic mass is 10.0. The molecule has 1 amide bonds. The van der Waals surface area contributed by atoms with Crippen LogP contribution in [0.5, 0.6) is 0 Å². The van der Waals surface area contributed by atoms with E-state index in [4.69, 9.17) is 0 Å². The molecule has 1 N–H and O–H groups in total. The zero-order chi connectivity index (χ0) is 16.9. The van der Waals surface area contributed by atoms with E-state index in [1.807, 2.05) is 42.5 Å². The van der Waals surface area contributed by atoms with Crippen molar-refractivity contribution in [3.63, 3.8) is 0 Å². The summed E-state index contributed by atoms with van der Waals surface area (Å²) in [7, 11) is 0. The van der Waals surface area contributed by atoms with E-state index in [-0.39, 0.29) is 18.1 Å². The van der Waals surface area contributed by atoms with Gasteiger partial charge in [0.1, 0.15) is 5.82 Å². The predicted octanol–water partition coefficient (Wildman–Crippen LogP) is 4.98. The number of amides is 1. The van der Waals surface area contributed by atoms with Crippen LogP contribution in [-0.2, 0) is 11.2 Å². The number of aryl methyl sites for hydroxylation is 1. The number of hydrogen-bond acceptors (Lipinski definition) is 1. The smallest absolute Gasteiger partial charge is 0.228 e. The van der Waals surface area contributed by atoms with Gasteiger partial charge in [-0.15, -0.1) is 0 Å². The Bertz CT molecular complexity index is 841. The lowest BCUT2D eigenvalue weighted by molar-refractivity contribution is -0.115. The molecule has 0 aliphatic rings. The molecule has 24 heavy (non-hydrogen) atoms. The second-order valence-corrected chi connectivity index (χ2v) is 5.75. The average Bonchev–Trinajstić information content (AvgIpc) is 2.59. The van der Waals surface area contributed by atoms with Crippen molar-refractivity contribution in [2.45, 2.75) is 13.3 Å². The maximum absolute atomic E-state index is 13.1. The van der Waals surface area contributed by atoms with Crippen molar-refractivity contribution in [1.29, 1.82) is 0 Å². The summed E-state index contributed by atoms with van der Waals surface area (Å²) in [5, 5.41) is 2.83. The van der Waals surface area contributed by atoms with Gasteiger partial charge >= 0.3 is 0 Å². The third kappa shape index (κ3) is 3.87. The first kappa shape index (κ1) is 15.9. The monoisotopic (exact) mass is 319 g/mol. The van der Waals surface area contributed by atoms with Crippen LogP contribution >= 0.6 is 0 Å². The molecule has 0 fully saturated rings. The van der Waals surface area contributed by atoms with E-state index in [2.05, 4.69) is 17.4 Å². The average molecular weight is 319 g/mol. The van der Waals surface area contributed by atoms with E-state index < -0.39 is 0 Å². The molecular formula is C21H18FNO. The Morgan fingerprint density at radius 2 is 1.58 bits per heavy atom. The fourth-order valence-corrected chi connectivity index (χ4v) is 2.59. The van der Waals surface area contributed by atoms with Crippen LogP contribution in [0.2, 0.25) is 0 Å². The van der Waals surface area contributed by atoms with Crippen LogP contribution in [0.3, 0.4) is 0 Å². The molecule has 0 aliphatic heterocycles. The fourth-order valence-electron chi connectivity index (χ4n) is 2.59. The second-order valence-electron chi connectivity index (χ2n) is 5.75. The van der Waals surface area contributed by atoms with Crippen LogP contribution < -0.4 is 5.32 Å². The number of nitrogens with one attached hydrogen (secondary N) is 1. The molecular weight excluding hydrogens is 301 g/mol. The van der Waals surface area contributed by atoms with Crippen molar-refractivity contribution in [2.24, 2.45) is 0 Å². The molecule has 0 saturated heterocycles. The summed E-state index contributed by atoms with van der Waals surface area (Å²) in [4.78, 5) is 12.2. The molecule has 120 valence electrons. The van der Waals surface area contributed by atoms with Crippen molar-refractivity contribution >= 4 is 11.6 Å². The Labute approximate surface area is 141 Å². The van der Waals surface area contributed by atoms with Gasteiger partial charge in [0, 0.05) is 5.69 Å². The molecule has 0 unspecified atom stereocenters. The first-order chi connectivity index (χ1) is 11.6. The van der Waals surface area contributed by atoms with Gasteiger partial charge in [0.05, 0.1) is 6.42 Å². The third-order valence-corrected chi connectivity index (χ3v) is 3.89. The Kier molecular flexibility index (Phi) is 4.71. The third-order valence-electron chi connectivity index (χ3n) is 3.89. The maximum Gasteiger partial charge on any atom is 0.228 e. The molecule has 0 aliphatic carbocycles. The number of rotatable bonds is 4. The minimum absolute atomic E-state index is 0.114. The molecule has 3 aromatic rings. The van der Waals surface area contributed by atoms with Crippen LogP contribution in [0.1, 0.15) is 11.1 Å². The van der Waals surface area contributed by atoms with Gasteiger partial charge in [0.25, 0.3) is 0 Å². The molecule has 0 aromatic heterocycles. The van der Waals surface area contributed by atoms with Crippen molar-refractivity contribution in [1.82, 2.24) is 0 Å². The van der Waals surface area contributed by atoms with Crippen LogP contribution in [0.15, 0.2) is 72.8 Å². The van der Waals surface area contributed by atoms with E-state index in [0.29, 0.717) is 11.3 Å². The summed E-state index contributed by atoms with van der Waals surface area (Å²) in [6.07, 6.45) is 0.284. The highest BCUT2D eigenvalue weighted by molar-refractivity contribution is 5.93. The van der Waals surface area contributed by atoms with Gasteiger partial charge in [-0.2, -0.15) is 0 Å². The Balaban J connectivity index is 1.66. The van der Waals surface area contributed by atoms with Gasteiger partial charge in [-0.1, -0.05) is 54.6 Å². The Hall–Kier alpha value is -2.94. The van der Waals surface area contributed by atoms with E-state index in [9.17, 15) is 9.18 Å². The number of benzene rings is 3. The van der Waals surface area contributed by atoms with Crippen LogP contribution in [0.25, 0.3) is 11.1 Å². The molecule has 3 aromatic carbocycles. The zero-order valence-corrected chi connectivity index (χ0v) is 13.4.